The molecule has 3 nitrogen and oxygen atoms in total. The number of likely N-dealkylation sites (tertiary alicyclic amines) is 2. The highest BCUT2D eigenvalue weighted by atomic mass is 19.4. The lowest BCUT2D eigenvalue weighted by molar-refractivity contribution is -0.137. The molecule has 2 saturated heterocycles. The molecule has 2 aliphatic rings. The molecule has 2 atom stereocenters. The number of rotatable bonds is 6. The molecule has 2 aliphatic heterocycles. The summed E-state index contributed by atoms with van der Waals surface area (Å²) >= 11 is 0. The number of fused-ring (bicyclic) bond motifs is 2. The van der Waals surface area contributed by atoms with Crippen molar-refractivity contribution in [3.63, 3.8) is 0 Å². The first-order valence-electron chi connectivity index (χ1n) is 9.63. The fraction of sp³-hybridized carbons (Fsp3) is 0.455. The molecule has 1 radical (unpaired) electrons. The van der Waals surface area contributed by atoms with Crippen LogP contribution in [0.5, 0.6) is 5.75 Å². The lowest BCUT2D eigenvalue weighted by atomic mass is 10.1. The Morgan fingerprint density at radius 1 is 1.07 bits per heavy atom. The Morgan fingerprint density at radius 2 is 1.79 bits per heavy atom. The van der Waals surface area contributed by atoms with Crippen molar-refractivity contribution in [2.45, 2.75) is 38.1 Å². The SMILES string of the molecule is Cc1ccc(CN2CC3C[C@H]2CN3CCOc2c[c]cc(C(F)(F)F)c2)cc1. The number of hydrogen-bond donors (Lipinski definition) is 0. The highest BCUT2D eigenvalue weighted by molar-refractivity contribution is 5.29. The Kier molecular flexibility index (Phi) is 5.34. The number of halogens is 3. The van der Waals surface area contributed by atoms with Crippen molar-refractivity contribution in [2.24, 2.45) is 0 Å². The summed E-state index contributed by atoms with van der Waals surface area (Å²) in [5, 5.41) is 0. The van der Waals surface area contributed by atoms with E-state index in [-0.39, 0.29) is 5.75 Å². The van der Waals surface area contributed by atoms with Gasteiger partial charge >= 0.3 is 6.18 Å². The first-order valence-corrected chi connectivity index (χ1v) is 9.63. The smallest absolute Gasteiger partial charge is 0.416 e. The van der Waals surface area contributed by atoms with E-state index in [0.29, 0.717) is 18.7 Å². The second kappa shape index (κ2) is 7.76. The third-order valence-electron chi connectivity index (χ3n) is 5.71. The van der Waals surface area contributed by atoms with Crippen LogP contribution in [-0.4, -0.2) is 48.1 Å². The van der Waals surface area contributed by atoms with E-state index in [1.165, 1.54) is 17.2 Å². The molecule has 2 fully saturated rings. The Bertz CT molecular complexity index is 806. The molecular formula is C22H24F3N2O. The lowest BCUT2D eigenvalue weighted by Gasteiger charge is -2.34. The van der Waals surface area contributed by atoms with Gasteiger partial charge in [0.05, 0.1) is 5.56 Å². The van der Waals surface area contributed by atoms with Crippen molar-refractivity contribution < 1.29 is 17.9 Å². The van der Waals surface area contributed by atoms with Crippen LogP contribution in [0.4, 0.5) is 13.2 Å². The molecule has 2 aromatic rings. The number of ether oxygens (including phenoxy) is 1. The van der Waals surface area contributed by atoms with Crippen molar-refractivity contribution in [3.8, 4) is 5.75 Å². The van der Waals surface area contributed by atoms with Gasteiger partial charge in [-0.25, -0.2) is 0 Å². The van der Waals surface area contributed by atoms with Crippen LogP contribution in [0.3, 0.4) is 0 Å². The van der Waals surface area contributed by atoms with Gasteiger partial charge in [-0.05, 0) is 43.2 Å². The highest BCUT2D eigenvalue weighted by Gasteiger charge is 2.42. The first-order chi connectivity index (χ1) is 13.4. The molecule has 6 heteroatoms. The minimum absolute atomic E-state index is 0.222. The average molecular weight is 389 g/mol. The van der Waals surface area contributed by atoms with Gasteiger partial charge in [-0.2, -0.15) is 13.2 Å². The van der Waals surface area contributed by atoms with Crippen molar-refractivity contribution in [1.82, 2.24) is 9.80 Å². The largest absolute Gasteiger partial charge is 0.492 e. The molecule has 0 aliphatic carbocycles. The van der Waals surface area contributed by atoms with Crippen molar-refractivity contribution in [1.29, 1.82) is 0 Å². The third-order valence-corrected chi connectivity index (χ3v) is 5.71. The summed E-state index contributed by atoms with van der Waals surface area (Å²) in [5.74, 6) is 0.222. The first kappa shape index (κ1) is 19.3. The minimum Gasteiger partial charge on any atom is -0.492 e. The van der Waals surface area contributed by atoms with Crippen LogP contribution < -0.4 is 4.74 Å². The maximum absolute atomic E-state index is 12.8. The van der Waals surface area contributed by atoms with Crippen molar-refractivity contribution >= 4 is 0 Å². The van der Waals surface area contributed by atoms with E-state index in [1.807, 2.05) is 0 Å². The zero-order chi connectivity index (χ0) is 19.7. The number of nitrogens with zero attached hydrogens (tertiary/aromatic N) is 2. The third kappa shape index (κ3) is 4.33. The van der Waals surface area contributed by atoms with Gasteiger partial charge < -0.3 is 4.74 Å². The molecule has 0 spiro atoms. The molecule has 0 N–H and O–H groups in total. The summed E-state index contributed by atoms with van der Waals surface area (Å²) in [6, 6.07) is 15.7. The molecule has 0 aromatic heterocycles. The Morgan fingerprint density at radius 3 is 2.46 bits per heavy atom. The van der Waals surface area contributed by atoms with Crippen LogP contribution in [0.25, 0.3) is 0 Å². The molecular weight excluding hydrogens is 365 g/mol. The van der Waals surface area contributed by atoms with Crippen LogP contribution in [-0.2, 0) is 12.7 Å². The van der Waals surface area contributed by atoms with Crippen LogP contribution >= 0.6 is 0 Å². The van der Waals surface area contributed by atoms with E-state index in [0.717, 1.165) is 44.7 Å². The number of aryl methyl sites for hydroxylation is 1. The fourth-order valence-corrected chi connectivity index (χ4v) is 4.21. The Hall–Kier alpha value is -2.05. The van der Waals surface area contributed by atoms with Crippen molar-refractivity contribution in [3.05, 3.63) is 65.2 Å². The standard InChI is InChI=1S/C22H24F3N2O/c1-16-5-7-17(8-6-16)13-27-15-19-12-20(27)14-26(19)9-10-28-21-4-2-3-18(11-21)22(23,24)25/h3-8,11,19-20H,9-10,12-15H2,1H3/t19?,20-/m0/s1. The van der Waals surface area contributed by atoms with E-state index in [1.54, 1.807) is 0 Å². The topological polar surface area (TPSA) is 15.7 Å². The van der Waals surface area contributed by atoms with E-state index >= 15 is 0 Å². The fourth-order valence-electron chi connectivity index (χ4n) is 4.21. The zero-order valence-corrected chi connectivity index (χ0v) is 15.9. The number of benzene rings is 2. The summed E-state index contributed by atoms with van der Waals surface area (Å²) in [7, 11) is 0. The van der Waals surface area contributed by atoms with Crippen LogP contribution in [0.1, 0.15) is 23.1 Å². The number of piperazine rings is 1. The molecule has 149 valence electrons. The summed E-state index contributed by atoms with van der Waals surface area (Å²) in [5.41, 5.74) is 1.89. The minimum atomic E-state index is -4.37. The average Bonchev–Trinajstić information content (AvgIpc) is 3.23. The summed E-state index contributed by atoms with van der Waals surface area (Å²) in [4.78, 5) is 4.93. The maximum atomic E-state index is 12.8. The highest BCUT2D eigenvalue weighted by Crippen LogP contribution is 2.33. The van der Waals surface area contributed by atoms with E-state index in [9.17, 15) is 13.2 Å². The van der Waals surface area contributed by atoms with Gasteiger partial charge in [0.1, 0.15) is 12.4 Å². The van der Waals surface area contributed by atoms with Gasteiger partial charge in [0.15, 0.2) is 0 Å². The second-order valence-electron chi connectivity index (χ2n) is 7.76. The number of alkyl halides is 3. The molecule has 0 amide bonds. The Balaban J connectivity index is 1.25. The normalized spacial score (nSPS) is 22.7. The van der Waals surface area contributed by atoms with Gasteiger partial charge in [-0.3, -0.25) is 9.80 Å². The Labute approximate surface area is 163 Å². The monoisotopic (exact) mass is 389 g/mol. The molecule has 4 rings (SSSR count). The van der Waals surface area contributed by atoms with E-state index < -0.39 is 11.7 Å². The molecule has 2 bridgehead atoms. The molecule has 0 saturated carbocycles. The summed E-state index contributed by atoms with van der Waals surface area (Å²) in [6.45, 7) is 6.22. The molecule has 2 heterocycles. The second-order valence-corrected chi connectivity index (χ2v) is 7.76. The van der Waals surface area contributed by atoms with Gasteiger partial charge in [0.25, 0.3) is 0 Å². The zero-order valence-electron chi connectivity index (χ0n) is 15.9. The van der Waals surface area contributed by atoms with Crippen LogP contribution in [0.2, 0.25) is 0 Å². The summed E-state index contributed by atoms with van der Waals surface area (Å²) < 4.78 is 43.8. The van der Waals surface area contributed by atoms with Crippen LogP contribution in [0.15, 0.2) is 42.5 Å². The predicted molar refractivity (Wildman–Crippen MR) is 101 cm³/mol. The maximum Gasteiger partial charge on any atom is 0.416 e. The van der Waals surface area contributed by atoms with Gasteiger partial charge in [-0.15, -0.1) is 0 Å². The van der Waals surface area contributed by atoms with E-state index in [2.05, 4.69) is 47.1 Å². The molecule has 1 unspecified atom stereocenters. The van der Waals surface area contributed by atoms with Crippen molar-refractivity contribution in [2.75, 3.05) is 26.2 Å². The van der Waals surface area contributed by atoms with Gasteiger partial charge in [0.2, 0.25) is 0 Å². The van der Waals surface area contributed by atoms with Gasteiger partial charge in [-0.1, -0.05) is 29.8 Å². The number of hydrogen-bond acceptors (Lipinski definition) is 3. The quantitative estimate of drug-likeness (QED) is 0.738. The molecule has 28 heavy (non-hydrogen) atoms. The molecule has 2 aromatic carbocycles. The van der Waals surface area contributed by atoms with Gasteiger partial charge in [0, 0.05) is 38.3 Å². The van der Waals surface area contributed by atoms with Crippen LogP contribution in [0, 0.1) is 13.0 Å². The predicted octanol–water partition coefficient (Wildman–Crippen LogP) is 4.15. The lowest BCUT2D eigenvalue weighted by Crippen LogP contribution is -2.47. The van der Waals surface area contributed by atoms with E-state index in [4.69, 9.17) is 4.74 Å². The summed E-state index contributed by atoms with van der Waals surface area (Å²) in [6.07, 6.45) is -3.21.